The number of amides is 1. The lowest BCUT2D eigenvalue weighted by atomic mass is 10.2. The smallest absolute Gasteiger partial charge is 0.237 e. The molecule has 86 valence electrons. The number of carbonyl (C=O) groups excluding carboxylic acids is 1. The SMILES string of the molecule is C#CCC(N)C(=O)NCCn1cc(C)cn1. The highest BCUT2D eigenvalue weighted by molar-refractivity contribution is 5.81. The molecule has 0 aliphatic carbocycles. The molecule has 0 saturated heterocycles. The van der Waals surface area contributed by atoms with Crippen LogP contribution in [0.4, 0.5) is 0 Å². The van der Waals surface area contributed by atoms with Crippen LogP contribution >= 0.6 is 0 Å². The molecule has 0 aliphatic heterocycles. The maximum absolute atomic E-state index is 11.4. The third-order valence-corrected chi connectivity index (χ3v) is 2.08. The zero-order valence-electron chi connectivity index (χ0n) is 9.31. The highest BCUT2D eigenvalue weighted by Crippen LogP contribution is 1.93. The van der Waals surface area contributed by atoms with Crippen molar-refractivity contribution < 1.29 is 4.79 Å². The van der Waals surface area contributed by atoms with Crippen molar-refractivity contribution in [2.45, 2.75) is 25.9 Å². The van der Waals surface area contributed by atoms with Gasteiger partial charge in [0.15, 0.2) is 0 Å². The number of aryl methyl sites for hydroxylation is 1. The Morgan fingerprint density at radius 2 is 2.56 bits per heavy atom. The summed E-state index contributed by atoms with van der Waals surface area (Å²) in [6, 6.07) is -0.621. The Morgan fingerprint density at radius 3 is 3.12 bits per heavy atom. The minimum absolute atomic E-state index is 0.221. The summed E-state index contributed by atoms with van der Waals surface area (Å²) in [6.45, 7) is 3.09. The maximum atomic E-state index is 11.4. The van der Waals surface area contributed by atoms with Crippen LogP contribution in [0.5, 0.6) is 0 Å². The summed E-state index contributed by atoms with van der Waals surface area (Å²) in [7, 11) is 0. The Morgan fingerprint density at radius 1 is 1.81 bits per heavy atom. The van der Waals surface area contributed by atoms with Gasteiger partial charge >= 0.3 is 0 Å². The Kier molecular flexibility index (Phi) is 4.55. The number of nitrogens with one attached hydrogen (secondary N) is 1. The fraction of sp³-hybridized carbons (Fsp3) is 0.455. The molecule has 1 amide bonds. The van der Waals surface area contributed by atoms with E-state index in [2.05, 4.69) is 16.3 Å². The molecule has 0 aromatic carbocycles. The van der Waals surface area contributed by atoms with Crippen molar-refractivity contribution in [1.29, 1.82) is 0 Å². The summed E-state index contributed by atoms with van der Waals surface area (Å²) in [5.41, 5.74) is 6.63. The molecule has 5 heteroatoms. The van der Waals surface area contributed by atoms with Gasteiger partial charge in [-0.05, 0) is 12.5 Å². The van der Waals surface area contributed by atoms with Gasteiger partial charge in [0.2, 0.25) is 5.91 Å². The van der Waals surface area contributed by atoms with Crippen molar-refractivity contribution >= 4 is 5.91 Å². The average Bonchev–Trinajstić information content (AvgIpc) is 2.64. The van der Waals surface area contributed by atoms with Crippen molar-refractivity contribution in [2.75, 3.05) is 6.54 Å². The first kappa shape index (κ1) is 12.3. The van der Waals surface area contributed by atoms with Crippen LogP contribution in [-0.4, -0.2) is 28.3 Å². The monoisotopic (exact) mass is 220 g/mol. The molecule has 0 aliphatic rings. The number of terminal acetylenes is 1. The summed E-state index contributed by atoms with van der Waals surface area (Å²) in [5.74, 6) is 2.14. The standard InChI is InChI=1S/C11H16N4O/c1-3-4-10(12)11(16)13-5-6-15-8-9(2)7-14-15/h1,7-8,10H,4-6,12H2,2H3,(H,13,16). The van der Waals surface area contributed by atoms with Crippen LogP contribution in [0.15, 0.2) is 12.4 Å². The molecule has 0 bridgehead atoms. The number of nitrogens with two attached hydrogens (primary N) is 1. The second-order valence-electron chi connectivity index (χ2n) is 3.59. The number of hydrogen-bond acceptors (Lipinski definition) is 3. The summed E-state index contributed by atoms with van der Waals surface area (Å²) >= 11 is 0. The van der Waals surface area contributed by atoms with E-state index in [4.69, 9.17) is 12.2 Å². The molecule has 0 spiro atoms. The fourth-order valence-corrected chi connectivity index (χ4v) is 1.23. The molecule has 3 N–H and O–H groups in total. The molecular weight excluding hydrogens is 204 g/mol. The molecule has 1 rings (SSSR count). The molecule has 0 fully saturated rings. The van der Waals surface area contributed by atoms with Crippen molar-refractivity contribution in [3.8, 4) is 12.3 Å². The highest BCUT2D eigenvalue weighted by atomic mass is 16.2. The van der Waals surface area contributed by atoms with E-state index < -0.39 is 6.04 Å². The Balaban J connectivity index is 2.25. The topological polar surface area (TPSA) is 72.9 Å². The first-order valence-corrected chi connectivity index (χ1v) is 5.09. The van der Waals surface area contributed by atoms with Crippen LogP contribution in [0, 0.1) is 19.3 Å². The zero-order valence-corrected chi connectivity index (χ0v) is 9.31. The van der Waals surface area contributed by atoms with Gasteiger partial charge in [0.25, 0.3) is 0 Å². The van der Waals surface area contributed by atoms with Gasteiger partial charge in [0.1, 0.15) is 0 Å². The number of hydrogen-bond donors (Lipinski definition) is 2. The lowest BCUT2D eigenvalue weighted by Crippen LogP contribution is -2.41. The molecule has 1 aromatic heterocycles. The molecule has 5 nitrogen and oxygen atoms in total. The van der Waals surface area contributed by atoms with Gasteiger partial charge in [-0.2, -0.15) is 5.10 Å². The van der Waals surface area contributed by atoms with Gasteiger partial charge in [-0.15, -0.1) is 12.3 Å². The lowest BCUT2D eigenvalue weighted by molar-refractivity contribution is -0.122. The van der Waals surface area contributed by atoms with Crippen molar-refractivity contribution in [3.63, 3.8) is 0 Å². The van der Waals surface area contributed by atoms with Gasteiger partial charge in [-0.25, -0.2) is 0 Å². The average molecular weight is 220 g/mol. The van der Waals surface area contributed by atoms with E-state index in [9.17, 15) is 4.79 Å². The van der Waals surface area contributed by atoms with Crippen LogP contribution in [0.1, 0.15) is 12.0 Å². The van der Waals surface area contributed by atoms with Crippen LogP contribution in [0.3, 0.4) is 0 Å². The predicted octanol–water partition coefficient (Wildman–Crippen LogP) is -0.342. The normalized spacial score (nSPS) is 11.8. The molecule has 1 atom stereocenters. The van der Waals surface area contributed by atoms with E-state index in [-0.39, 0.29) is 12.3 Å². The van der Waals surface area contributed by atoms with Crippen molar-refractivity contribution in [1.82, 2.24) is 15.1 Å². The lowest BCUT2D eigenvalue weighted by Gasteiger charge is -2.09. The van der Waals surface area contributed by atoms with Crippen LogP contribution in [-0.2, 0) is 11.3 Å². The number of aromatic nitrogens is 2. The first-order chi connectivity index (χ1) is 7.63. The van der Waals surface area contributed by atoms with E-state index >= 15 is 0 Å². The highest BCUT2D eigenvalue weighted by Gasteiger charge is 2.10. The first-order valence-electron chi connectivity index (χ1n) is 5.09. The number of carbonyl (C=O) groups is 1. The second kappa shape index (κ2) is 5.93. The van der Waals surface area contributed by atoms with Gasteiger partial charge in [0, 0.05) is 19.2 Å². The van der Waals surface area contributed by atoms with Crippen LogP contribution in [0.2, 0.25) is 0 Å². The van der Waals surface area contributed by atoms with Gasteiger partial charge in [0.05, 0.1) is 18.8 Å². The Hall–Kier alpha value is -1.80. The van der Waals surface area contributed by atoms with E-state index in [1.807, 2.05) is 13.1 Å². The molecule has 1 unspecified atom stereocenters. The zero-order chi connectivity index (χ0) is 12.0. The summed E-state index contributed by atoms with van der Waals surface area (Å²) in [6.07, 6.45) is 9.00. The molecule has 1 heterocycles. The number of nitrogens with zero attached hydrogens (tertiary/aromatic N) is 2. The van der Waals surface area contributed by atoms with E-state index in [1.54, 1.807) is 10.9 Å². The molecule has 1 aromatic rings. The van der Waals surface area contributed by atoms with E-state index in [0.717, 1.165) is 5.56 Å². The largest absolute Gasteiger partial charge is 0.353 e. The van der Waals surface area contributed by atoms with Gasteiger partial charge in [-0.3, -0.25) is 9.48 Å². The minimum Gasteiger partial charge on any atom is -0.353 e. The Labute approximate surface area is 95.0 Å². The quantitative estimate of drug-likeness (QED) is 0.667. The Bertz CT molecular complexity index is 391. The predicted molar refractivity (Wildman–Crippen MR) is 61.4 cm³/mol. The summed E-state index contributed by atoms with van der Waals surface area (Å²) in [4.78, 5) is 11.4. The van der Waals surface area contributed by atoms with E-state index in [0.29, 0.717) is 13.1 Å². The number of rotatable bonds is 5. The van der Waals surface area contributed by atoms with E-state index in [1.165, 1.54) is 0 Å². The van der Waals surface area contributed by atoms with Crippen LogP contribution in [0.25, 0.3) is 0 Å². The molecule has 16 heavy (non-hydrogen) atoms. The summed E-state index contributed by atoms with van der Waals surface area (Å²) in [5, 5.41) is 6.80. The van der Waals surface area contributed by atoms with Gasteiger partial charge in [-0.1, -0.05) is 0 Å². The summed E-state index contributed by atoms with van der Waals surface area (Å²) < 4.78 is 1.77. The van der Waals surface area contributed by atoms with Crippen molar-refractivity contribution in [3.05, 3.63) is 18.0 Å². The molecule has 0 saturated carbocycles. The third kappa shape index (κ3) is 3.75. The maximum Gasteiger partial charge on any atom is 0.237 e. The van der Waals surface area contributed by atoms with Crippen molar-refractivity contribution in [2.24, 2.45) is 5.73 Å². The fourth-order valence-electron chi connectivity index (χ4n) is 1.23. The third-order valence-electron chi connectivity index (χ3n) is 2.08. The van der Waals surface area contributed by atoms with Gasteiger partial charge < -0.3 is 11.1 Å². The molecule has 0 radical (unpaired) electrons. The minimum atomic E-state index is -0.621. The molecular formula is C11H16N4O. The van der Waals surface area contributed by atoms with Crippen LogP contribution < -0.4 is 11.1 Å². The second-order valence-corrected chi connectivity index (χ2v) is 3.59.